The van der Waals surface area contributed by atoms with Crippen LogP contribution in [0.5, 0.6) is 0 Å². The lowest BCUT2D eigenvalue weighted by Crippen LogP contribution is -2.30. The SMILES string of the molecule is CCCCCCCCCOC(=O)CCCCCCCN(CCCCCCCC(=O)OC(CCCCCCCC)CCCCCCCC)CCCNC(=O)O. The summed E-state index contributed by atoms with van der Waals surface area (Å²) < 4.78 is 11.5. The molecular weight excluding hydrogens is 677 g/mol. The summed E-state index contributed by atoms with van der Waals surface area (Å²) in [7, 11) is 0. The highest BCUT2D eigenvalue weighted by molar-refractivity contribution is 5.69. The third-order valence-electron chi connectivity index (χ3n) is 10.7. The Hall–Kier alpha value is -1.83. The zero-order chi connectivity index (χ0) is 39.6. The van der Waals surface area contributed by atoms with Crippen LogP contribution in [-0.2, 0) is 19.1 Å². The Balaban J connectivity index is 4.23. The zero-order valence-electron chi connectivity index (χ0n) is 36.1. The van der Waals surface area contributed by atoms with E-state index in [1.54, 1.807) is 0 Å². The number of hydrogen-bond acceptors (Lipinski definition) is 6. The van der Waals surface area contributed by atoms with E-state index in [1.165, 1.54) is 109 Å². The molecule has 0 radical (unpaired) electrons. The maximum Gasteiger partial charge on any atom is 0.404 e. The highest BCUT2D eigenvalue weighted by Gasteiger charge is 2.14. The predicted molar refractivity (Wildman–Crippen MR) is 227 cm³/mol. The van der Waals surface area contributed by atoms with Crippen LogP contribution in [0.15, 0.2) is 0 Å². The second-order valence-corrected chi connectivity index (χ2v) is 16.0. The standard InChI is InChI=1S/C46H90N2O6/c1-4-7-10-13-16-25-32-42-53-44(49)36-28-21-17-23-30-39-48(41-33-38-47-46(51)52)40-31-24-18-22-29-37-45(50)54-43(34-26-19-14-11-8-5-2)35-27-20-15-12-9-6-3/h43,47H,4-42H2,1-3H3,(H,51,52). The van der Waals surface area contributed by atoms with Crippen LogP contribution in [0, 0.1) is 0 Å². The molecule has 0 aliphatic heterocycles. The molecule has 8 nitrogen and oxygen atoms in total. The topological polar surface area (TPSA) is 105 Å². The maximum absolute atomic E-state index is 12.8. The lowest BCUT2D eigenvalue weighted by Gasteiger charge is -2.22. The van der Waals surface area contributed by atoms with E-state index in [9.17, 15) is 14.4 Å². The van der Waals surface area contributed by atoms with Gasteiger partial charge in [-0.3, -0.25) is 9.59 Å². The summed E-state index contributed by atoms with van der Waals surface area (Å²) in [5, 5.41) is 11.4. The van der Waals surface area contributed by atoms with E-state index in [0.29, 0.717) is 26.0 Å². The molecule has 0 aromatic carbocycles. The summed E-state index contributed by atoms with van der Waals surface area (Å²) in [4.78, 5) is 38.2. The van der Waals surface area contributed by atoms with Crippen LogP contribution in [0.4, 0.5) is 4.79 Å². The summed E-state index contributed by atoms with van der Waals surface area (Å²) in [6, 6.07) is 0. The molecule has 0 saturated heterocycles. The largest absolute Gasteiger partial charge is 0.466 e. The molecule has 0 heterocycles. The fourth-order valence-electron chi connectivity index (χ4n) is 7.23. The third-order valence-corrected chi connectivity index (χ3v) is 10.7. The second kappa shape index (κ2) is 42.3. The van der Waals surface area contributed by atoms with Crippen molar-refractivity contribution in [2.75, 3.05) is 32.8 Å². The van der Waals surface area contributed by atoms with E-state index >= 15 is 0 Å². The van der Waals surface area contributed by atoms with Crippen LogP contribution in [0.25, 0.3) is 0 Å². The minimum atomic E-state index is -0.960. The van der Waals surface area contributed by atoms with Gasteiger partial charge in [0.15, 0.2) is 0 Å². The van der Waals surface area contributed by atoms with Gasteiger partial charge in [0, 0.05) is 19.4 Å². The number of nitrogens with one attached hydrogen (secondary N) is 1. The van der Waals surface area contributed by atoms with Crippen LogP contribution < -0.4 is 5.32 Å². The molecule has 0 aromatic heterocycles. The van der Waals surface area contributed by atoms with Crippen molar-refractivity contribution in [2.45, 2.75) is 245 Å². The molecule has 0 rings (SSSR count). The average molecular weight is 767 g/mol. The number of unbranched alkanes of at least 4 members (excludes halogenated alkanes) is 24. The van der Waals surface area contributed by atoms with E-state index in [2.05, 4.69) is 31.0 Å². The van der Waals surface area contributed by atoms with Crippen molar-refractivity contribution in [3.63, 3.8) is 0 Å². The van der Waals surface area contributed by atoms with Gasteiger partial charge in [-0.1, -0.05) is 162 Å². The number of nitrogens with zero attached hydrogens (tertiary/aromatic N) is 1. The molecule has 0 bridgehead atoms. The van der Waals surface area contributed by atoms with Crippen molar-refractivity contribution in [3.05, 3.63) is 0 Å². The van der Waals surface area contributed by atoms with Crippen molar-refractivity contribution in [1.82, 2.24) is 10.2 Å². The average Bonchev–Trinajstić information content (AvgIpc) is 3.15. The third kappa shape index (κ3) is 39.9. The molecule has 2 N–H and O–H groups in total. The summed E-state index contributed by atoms with van der Waals surface area (Å²) in [5.41, 5.74) is 0. The van der Waals surface area contributed by atoms with Gasteiger partial charge in [-0.2, -0.15) is 0 Å². The first-order chi connectivity index (χ1) is 26.4. The van der Waals surface area contributed by atoms with Gasteiger partial charge in [0.2, 0.25) is 0 Å². The van der Waals surface area contributed by atoms with Gasteiger partial charge >= 0.3 is 18.0 Å². The summed E-state index contributed by atoms with van der Waals surface area (Å²) in [6.45, 7) is 10.7. The van der Waals surface area contributed by atoms with E-state index < -0.39 is 6.09 Å². The Morgan fingerprint density at radius 3 is 1.35 bits per heavy atom. The number of hydrogen-bond donors (Lipinski definition) is 2. The Morgan fingerprint density at radius 2 is 0.870 bits per heavy atom. The summed E-state index contributed by atoms with van der Waals surface area (Å²) in [5.74, 6) is -0.0508. The van der Waals surface area contributed by atoms with Gasteiger partial charge in [0.05, 0.1) is 6.61 Å². The molecule has 8 heteroatoms. The fourth-order valence-corrected chi connectivity index (χ4v) is 7.23. The molecule has 0 saturated carbocycles. The van der Waals surface area contributed by atoms with Gasteiger partial charge in [0.1, 0.15) is 6.10 Å². The second-order valence-electron chi connectivity index (χ2n) is 16.0. The molecule has 54 heavy (non-hydrogen) atoms. The quantitative estimate of drug-likeness (QED) is 0.0470. The molecule has 0 unspecified atom stereocenters. The Labute approximate surface area is 334 Å². The smallest absolute Gasteiger partial charge is 0.404 e. The number of carbonyl (C=O) groups excluding carboxylic acids is 2. The monoisotopic (exact) mass is 767 g/mol. The van der Waals surface area contributed by atoms with Crippen molar-refractivity contribution in [1.29, 1.82) is 0 Å². The number of ether oxygens (including phenoxy) is 2. The Kier molecular flexibility index (Phi) is 40.9. The first-order valence-electron chi connectivity index (χ1n) is 23.5. The number of carboxylic acid groups (broad SMARTS) is 1. The summed E-state index contributed by atoms with van der Waals surface area (Å²) in [6.07, 6.45) is 37.6. The maximum atomic E-state index is 12.8. The van der Waals surface area contributed by atoms with Gasteiger partial charge < -0.3 is 24.8 Å². The number of carbonyl (C=O) groups is 3. The van der Waals surface area contributed by atoms with Gasteiger partial charge in [-0.05, 0) is 83.8 Å². The van der Waals surface area contributed by atoms with Gasteiger partial charge in [0.25, 0.3) is 0 Å². The molecule has 0 aliphatic carbocycles. The fraction of sp³-hybridized carbons (Fsp3) is 0.935. The molecule has 0 aliphatic rings. The minimum Gasteiger partial charge on any atom is -0.466 e. The van der Waals surface area contributed by atoms with Crippen molar-refractivity contribution in [2.24, 2.45) is 0 Å². The zero-order valence-corrected chi connectivity index (χ0v) is 36.1. The Bertz CT molecular complexity index is 809. The molecule has 0 atom stereocenters. The van der Waals surface area contributed by atoms with Crippen molar-refractivity contribution in [3.8, 4) is 0 Å². The van der Waals surface area contributed by atoms with Crippen LogP contribution >= 0.6 is 0 Å². The molecule has 0 fully saturated rings. The highest BCUT2D eigenvalue weighted by Crippen LogP contribution is 2.18. The minimum absolute atomic E-state index is 0.00292. The lowest BCUT2D eigenvalue weighted by molar-refractivity contribution is -0.150. The number of amides is 1. The number of rotatable bonds is 43. The first-order valence-corrected chi connectivity index (χ1v) is 23.5. The van der Waals surface area contributed by atoms with E-state index in [-0.39, 0.29) is 18.0 Å². The van der Waals surface area contributed by atoms with Gasteiger partial charge in [-0.15, -0.1) is 0 Å². The van der Waals surface area contributed by atoms with Crippen molar-refractivity contribution >= 4 is 18.0 Å². The van der Waals surface area contributed by atoms with Crippen LogP contribution in [0.1, 0.15) is 239 Å². The summed E-state index contributed by atoms with van der Waals surface area (Å²) >= 11 is 0. The van der Waals surface area contributed by atoms with Crippen LogP contribution in [-0.4, -0.2) is 66.9 Å². The Morgan fingerprint density at radius 1 is 0.481 bits per heavy atom. The number of esters is 2. The first kappa shape index (κ1) is 52.2. The molecule has 0 spiro atoms. The van der Waals surface area contributed by atoms with E-state index in [0.717, 1.165) is 116 Å². The molecule has 320 valence electrons. The normalized spacial score (nSPS) is 11.4. The molecule has 1 amide bonds. The van der Waals surface area contributed by atoms with Gasteiger partial charge in [-0.25, -0.2) is 4.79 Å². The van der Waals surface area contributed by atoms with Crippen LogP contribution in [0.3, 0.4) is 0 Å². The van der Waals surface area contributed by atoms with E-state index in [1.807, 2.05) is 0 Å². The molecular formula is C46H90N2O6. The van der Waals surface area contributed by atoms with Crippen molar-refractivity contribution < 1.29 is 29.0 Å². The predicted octanol–water partition coefficient (Wildman–Crippen LogP) is 13.3. The highest BCUT2D eigenvalue weighted by atomic mass is 16.5. The van der Waals surface area contributed by atoms with Crippen LogP contribution in [0.2, 0.25) is 0 Å². The van der Waals surface area contributed by atoms with E-state index in [4.69, 9.17) is 14.6 Å². The molecule has 0 aromatic rings. The lowest BCUT2D eigenvalue weighted by atomic mass is 10.0.